The molecule has 0 aliphatic carbocycles. The van der Waals surface area contributed by atoms with E-state index in [0.29, 0.717) is 5.56 Å². The fourth-order valence-electron chi connectivity index (χ4n) is 2.32. The van der Waals surface area contributed by atoms with Crippen LogP contribution in [0.3, 0.4) is 0 Å². The van der Waals surface area contributed by atoms with Crippen molar-refractivity contribution in [3.63, 3.8) is 0 Å². The van der Waals surface area contributed by atoms with Crippen LogP contribution in [0.25, 0.3) is 5.69 Å². The van der Waals surface area contributed by atoms with E-state index in [1.54, 1.807) is 13.0 Å². The maximum absolute atomic E-state index is 13.9. The largest absolute Gasteiger partial charge is 0.313 e. The average molecular weight is 275 g/mol. The minimum Gasteiger partial charge on any atom is -0.313 e. The average Bonchev–Trinajstić information content (AvgIpc) is 2.68. The van der Waals surface area contributed by atoms with E-state index in [2.05, 4.69) is 17.3 Å². The predicted octanol–water partition coefficient (Wildman–Crippen LogP) is 3.53. The van der Waals surface area contributed by atoms with Crippen molar-refractivity contribution in [1.29, 1.82) is 0 Å². The first-order chi connectivity index (χ1) is 9.36. The lowest BCUT2D eigenvalue weighted by Gasteiger charge is -2.18. The number of hydrogen-bond acceptors (Lipinski definition) is 2. The monoisotopic (exact) mass is 275 g/mol. The van der Waals surface area contributed by atoms with Gasteiger partial charge in [-0.15, -0.1) is 0 Å². The molecule has 0 saturated carbocycles. The molecule has 108 valence electrons. The van der Waals surface area contributed by atoms with E-state index < -0.39 is 0 Å². The first-order valence-corrected chi connectivity index (χ1v) is 6.87. The van der Waals surface area contributed by atoms with E-state index in [1.165, 1.54) is 5.56 Å². The summed E-state index contributed by atoms with van der Waals surface area (Å²) in [6.45, 7) is 9.90. The van der Waals surface area contributed by atoms with E-state index in [9.17, 15) is 4.39 Å². The van der Waals surface area contributed by atoms with Gasteiger partial charge >= 0.3 is 0 Å². The number of nitrogens with one attached hydrogen (secondary N) is 1. The number of aromatic nitrogens is 2. The van der Waals surface area contributed by atoms with Gasteiger partial charge in [-0.1, -0.05) is 0 Å². The molecule has 0 spiro atoms. The second kappa shape index (κ2) is 5.37. The summed E-state index contributed by atoms with van der Waals surface area (Å²) < 4.78 is 15.8. The second-order valence-electron chi connectivity index (χ2n) is 5.38. The van der Waals surface area contributed by atoms with Gasteiger partial charge in [0, 0.05) is 11.7 Å². The van der Waals surface area contributed by atoms with Crippen LogP contribution in [0, 0.1) is 33.5 Å². The van der Waals surface area contributed by atoms with Crippen molar-refractivity contribution in [3.8, 4) is 5.69 Å². The number of aryl methyl sites for hydroxylation is 2. The third-order valence-electron chi connectivity index (χ3n) is 4.09. The van der Waals surface area contributed by atoms with Crippen molar-refractivity contribution < 1.29 is 4.39 Å². The zero-order chi connectivity index (χ0) is 15.0. The number of nitrogens with zero attached hydrogens (tertiary/aromatic N) is 2. The normalized spacial score (nSPS) is 12.8. The molecule has 1 aromatic carbocycles. The summed E-state index contributed by atoms with van der Waals surface area (Å²) in [7, 11) is 1.87. The van der Waals surface area contributed by atoms with Gasteiger partial charge in [0.15, 0.2) is 0 Å². The van der Waals surface area contributed by atoms with Crippen LogP contribution in [0.15, 0.2) is 12.1 Å². The third kappa shape index (κ3) is 2.36. The molecule has 3 nitrogen and oxygen atoms in total. The van der Waals surface area contributed by atoms with Crippen molar-refractivity contribution in [2.45, 2.75) is 40.7 Å². The van der Waals surface area contributed by atoms with Gasteiger partial charge in [-0.3, -0.25) is 0 Å². The van der Waals surface area contributed by atoms with Crippen LogP contribution in [0.1, 0.15) is 41.0 Å². The molecule has 2 aromatic rings. The van der Waals surface area contributed by atoms with Gasteiger partial charge in [0.05, 0.1) is 11.4 Å². The summed E-state index contributed by atoms with van der Waals surface area (Å²) >= 11 is 0. The smallest absolute Gasteiger partial charge is 0.126 e. The molecule has 4 heteroatoms. The van der Waals surface area contributed by atoms with Crippen molar-refractivity contribution in [2.75, 3.05) is 7.05 Å². The summed E-state index contributed by atoms with van der Waals surface area (Å²) in [5.74, 6) is -0.177. The van der Waals surface area contributed by atoms with Crippen LogP contribution in [-0.4, -0.2) is 16.8 Å². The summed E-state index contributed by atoms with van der Waals surface area (Å²) in [6.07, 6.45) is 0. The highest BCUT2D eigenvalue weighted by molar-refractivity contribution is 5.47. The summed E-state index contributed by atoms with van der Waals surface area (Å²) in [5, 5.41) is 7.77. The summed E-state index contributed by atoms with van der Waals surface area (Å²) in [6, 6.07) is 3.54. The standard InChI is InChI=1S/C16H22FN3/c1-9-7-16(14(8-15(9)17)12(4)18-6)20-13(5)10(2)11(3)19-20/h7-8,12,18H,1-6H3. The Kier molecular flexibility index (Phi) is 3.95. The Morgan fingerprint density at radius 3 is 2.35 bits per heavy atom. The first kappa shape index (κ1) is 14.7. The molecule has 1 unspecified atom stereocenters. The summed E-state index contributed by atoms with van der Waals surface area (Å²) in [5.41, 5.74) is 5.78. The van der Waals surface area contributed by atoms with E-state index in [-0.39, 0.29) is 11.9 Å². The zero-order valence-electron chi connectivity index (χ0n) is 13.0. The molecule has 1 aromatic heterocycles. The topological polar surface area (TPSA) is 29.9 Å². The zero-order valence-corrected chi connectivity index (χ0v) is 13.0. The highest BCUT2D eigenvalue weighted by Gasteiger charge is 2.17. The van der Waals surface area contributed by atoms with Crippen LogP contribution in [-0.2, 0) is 0 Å². The molecular formula is C16H22FN3. The molecule has 2 rings (SSSR count). The lowest BCUT2D eigenvalue weighted by atomic mass is 10.0. The van der Waals surface area contributed by atoms with E-state index in [1.807, 2.05) is 38.6 Å². The Balaban J connectivity index is 2.71. The van der Waals surface area contributed by atoms with E-state index in [0.717, 1.165) is 22.6 Å². The van der Waals surface area contributed by atoms with Crippen LogP contribution < -0.4 is 5.32 Å². The molecule has 0 aliphatic heterocycles. The van der Waals surface area contributed by atoms with E-state index >= 15 is 0 Å². The van der Waals surface area contributed by atoms with Crippen LogP contribution in [0.5, 0.6) is 0 Å². The second-order valence-corrected chi connectivity index (χ2v) is 5.38. The maximum atomic E-state index is 13.9. The van der Waals surface area contributed by atoms with Gasteiger partial charge < -0.3 is 5.32 Å². The quantitative estimate of drug-likeness (QED) is 0.928. The minimum atomic E-state index is -0.177. The fraction of sp³-hybridized carbons (Fsp3) is 0.438. The van der Waals surface area contributed by atoms with Crippen molar-refractivity contribution in [1.82, 2.24) is 15.1 Å². The summed E-state index contributed by atoms with van der Waals surface area (Å²) in [4.78, 5) is 0. The molecule has 0 bridgehead atoms. The molecule has 0 fully saturated rings. The fourth-order valence-corrected chi connectivity index (χ4v) is 2.32. The number of halogens is 1. The lowest BCUT2D eigenvalue weighted by Crippen LogP contribution is -2.16. The van der Waals surface area contributed by atoms with Gasteiger partial charge in [0.1, 0.15) is 5.82 Å². The number of hydrogen-bond donors (Lipinski definition) is 1. The Hall–Kier alpha value is -1.68. The maximum Gasteiger partial charge on any atom is 0.126 e. The number of rotatable bonds is 3. The number of benzene rings is 1. The van der Waals surface area contributed by atoms with E-state index in [4.69, 9.17) is 0 Å². The van der Waals surface area contributed by atoms with Gasteiger partial charge in [-0.25, -0.2) is 9.07 Å². The predicted molar refractivity (Wildman–Crippen MR) is 79.9 cm³/mol. The van der Waals surface area contributed by atoms with Crippen LogP contribution >= 0.6 is 0 Å². The van der Waals surface area contributed by atoms with Crippen LogP contribution in [0.2, 0.25) is 0 Å². The third-order valence-corrected chi connectivity index (χ3v) is 4.09. The molecular weight excluding hydrogens is 253 g/mol. The van der Waals surface area contributed by atoms with Crippen LogP contribution in [0.4, 0.5) is 4.39 Å². The lowest BCUT2D eigenvalue weighted by molar-refractivity contribution is 0.596. The molecule has 1 N–H and O–H groups in total. The van der Waals surface area contributed by atoms with Gasteiger partial charge in [0.25, 0.3) is 0 Å². The van der Waals surface area contributed by atoms with Crippen molar-refractivity contribution >= 4 is 0 Å². The van der Waals surface area contributed by atoms with Crippen molar-refractivity contribution in [2.24, 2.45) is 0 Å². The van der Waals surface area contributed by atoms with Crippen molar-refractivity contribution in [3.05, 3.63) is 46.0 Å². The molecule has 0 saturated heterocycles. The molecule has 20 heavy (non-hydrogen) atoms. The highest BCUT2D eigenvalue weighted by atomic mass is 19.1. The molecule has 0 aliphatic rings. The Bertz CT molecular complexity index is 644. The van der Waals surface area contributed by atoms with Gasteiger partial charge in [0.2, 0.25) is 0 Å². The first-order valence-electron chi connectivity index (χ1n) is 6.87. The molecule has 0 radical (unpaired) electrons. The Morgan fingerprint density at radius 1 is 1.20 bits per heavy atom. The SMILES string of the molecule is CNC(C)c1cc(F)c(C)cc1-n1nc(C)c(C)c1C. The molecule has 1 heterocycles. The molecule has 1 atom stereocenters. The minimum absolute atomic E-state index is 0.0595. The van der Waals surface area contributed by atoms with Gasteiger partial charge in [-0.2, -0.15) is 5.10 Å². The molecule has 0 amide bonds. The Labute approximate surface area is 119 Å². The van der Waals surface area contributed by atoms with Gasteiger partial charge in [-0.05, 0) is 70.5 Å². The highest BCUT2D eigenvalue weighted by Crippen LogP contribution is 2.27. The Morgan fingerprint density at radius 2 is 1.85 bits per heavy atom.